The van der Waals surface area contributed by atoms with Crippen LogP contribution in [0.4, 0.5) is 0 Å². The fraction of sp³-hybridized carbons (Fsp3) is 0.353. The minimum absolute atomic E-state index is 0.0335. The molecule has 9 nitrogen and oxygen atoms in total. The van der Waals surface area contributed by atoms with Gasteiger partial charge in [-0.05, 0) is 78.4 Å². The number of rotatable bonds is 9. The van der Waals surface area contributed by atoms with Gasteiger partial charge in [0.25, 0.3) is 0 Å². The van der Waals surface area contributed by atoms with Gasteiger partial charge in [0.1, 0.15) is 11.8 Å². The van der Waals surface area contributed by atoms with Gasteiger partial charge >= 0.3 is 0 Å². The molecule has 43 heavy (non-hydrogen) atoms. The molecule has 1 aliphatic rings. The monoisotopic (exact) mass is 580 g/mol. The standard InChI is InChI=1S/C34H40N6O3/c1-34(2,3)25-11-13-26(14-12-25)40-27(20-29(38-40)24-7-6-17-36-21-24)22-39-18-5-4-8-31(39)33(43)37-30(32(35)42)19-23-9-15-28(41)16-10-23/h6-7,9-17,20-21,30-31,41H,4-5,8,18-19,22H2,1-3H3,(H2,35,42)(H,37,43)/t30-,31?/m0/s1. The van der Waals surface area contributed by atoms with E-state index in [9.17, 15) is 14.7 Å². The molecule has 1 unspecified atom stereocenters. The number of likely N-dealkylation sites (tertiary alicyclic amines) is 1. The molecule has 0 radical (unpaired) electrons. The number of aromatic hydroxyl groups is 1. The van der Waals surface area contributed by atoms with Crippen LogP contribution in [0.2, 0.25) is 0 Å². The molecule has 2 amide bonds. The van der Waals surface area contributed by atoms with Crippen molar-refractivity contribution in [2.24, 2.45) is 5.73 Å². The van der Waals surface area contributed by atoms with Crippen molar-refractivity contribution in [1.82, 2.24) is 25.0 Å². The van der Waals surface area contributed by atoms with Crippen molar-refractivity contribution < 1.29 is 14.7 Å². The molecule has 1 fully saturated rings. The fourth-order valence-corrected chi connectivity index (χ4v) is 5.56. The summed E-state index contributed by atoms with van der Waals surface area (Å²) in [5.41, 5.74) is 11.4. The predicted octanol–water partition coefficient (Wildman–Crippen LogP) is 4.50. The molecule has 4 N–H and O–H groups in total. The lowest BCUT2D eigenvalue weighted by Crippen LogP contribution is -2.54. The zero-order valence-corrected chi connectivity index (χ0v) is 25.0. The summed E-state index contributed by atoms with van der Waals surface area (Å²) in [5, 5.41) is 17.5. The molecule has 1 saturated heterocycles. The molecule has 2 aromatic heterocycles. The second-order valence-electron chi connectivity index (χ2n) is 12.3. The minimum Gasteiger partial charge on any atom is -0.508 e. The summed E-state index contributed by atoms with van der Waals surface area (Å²) in [6.45, 7) is 7.82. The number of pyridine rings is 1. The smallest absolute Gasteiger partial charge is 0.240 e. The number of phenols is 1. The highest BCUT2D eigenvalue weighted by molar-refractivity contribution is 5.89. The molecular weight excluding hydrogens is 540 g/mol. The third-order valence-corrected chi connectivity index (χ3v) is 8.04. The Morgan fingerprint density at radius 3 is 2.47 bits per heavy atom. The van der Waals surface area contributed by atoms with E-state index < -0.39 is 18.0 Å². The number of amides is 2. The van der Waals surface area contributed by atoms with Crippen molar-refractivity contribution in [2.45, 2.75) is 70.5 Å². The number of benzene rings is 2. The number of hydrogen-bond acceptors (Lipinski definition) is 6. The van der Waals surface area contributed by atoms with E-state index in [0.29, 0.717) is 13.0 Å². The lowest BCUT2D eigenvalue weighted by atomic mass is 9.87. The summed E-state index contributed by atoms with van der Waals surface area (Å²) < 4.78 is 1.95. The van der Waals surface area contributed by atoms with Crippen LogP contribution < -0.4 is 11.1 Å². The van der Waals surface area contributed by atoms with Gasteiger partial charge < -0.3 is 16.2 Å². The number of nitrogens with two attached hydrogens (primary N) is 1. The Morgan fingerprint density at radius 2 is 1.81 bits per heavy atom. The molecule has 0 bridgehead atoms. The van der Waals surface area contributed by atoms with Crippen molar-refractivity contribution in [1.29, 1.82) is 0 Å². The van der Waals surface area contributed by atoms with Gasteiger partial charge in [0.2, 0.25) is 11.8 Å². The first-order valence-corrected chi connectivity index (χ1v) is 14.8. The molecule has 0 spiro atoms. The maximum absolute atomic E-state index is 13.6. The summed E-state index contributed by atoms with van der Waals surface area (Å²) in [5.74, 6) is -0.672. The molecule has 2 atom stereocenters. The third kappa shape index (κ3) is 7.29. The van der Waals surface area contributed by atoms with Gasteiger partial charge in [-0.3, -0.25) is 19.5 Å². The Morgan fingerprint density at radius 1 is 1.07 bits per heavy atom. The molecule has 3 heterocycles. The summed E-state index contributed by atoms with van der Waals surface area (Å²) in [7, 11) is 0. The number of aromatic nitrogens is 3. The Kier molecular flexibility index (Phi) is 8.92. The van der Waals surface area contributed by atoms with E-state index in [1.54, 1.807) is 36.7 Å². The first kappa shape index (κ1) is 30.0. The Hall–Kier alpha value is -4.50. The Balaban J connectivity index is 1.40. The van der Waals surface area contributed by atoms with Gasteiger partial charge in [-0.15, -0.1) is 0 Å². The number of piperidine rings is 1. The van der Waals surface area contributed by atoms with E-state index in [1.165, 1.54) is 5.56 Å². The predicted molar refractivity (Wildman–Crippen MR) is 166 cm³/mol. The van der Waals surface area contributed by atoms with Crippen LogP contribution in [0.5, 0.6) is 5.75 Å². The first-order chi connectivity index (χ1) is 20.6. The second-order valence-corrected chi connectivity index (χ2v) is 12.3. The molecular formula is C34H40N6O3. The van der Waals surface area contributed by atoms with Crippen LogP contribution in [0.15, 0.2) is 79.1 Å². The summed E-state index contributed by atoms with van der Waals surface area (Å²) in [4.78, 5) is 32.4. The molecule has 9 heteroatoms. The topological polar surface area (TPSA) is 126 Å². The fourth-order valence-electron chi connectivity index (χ4n) is 5.56. The molecule has 224 valence electrons. The highest BCUT2D eigenvalue weighted by Gasteiger charge is 2.32. The van der Waals surface area contributed by atoms with Crippen LogP contribution in [0.25, 0.3) is 16.9 Å². The lowest BCUT2D eigenvalue weighted by Gasteiger charge is -2.35. The summed E-state index contributed by atoms with van der Waals surface area (Å²) in [6.07, 6.45) is 6.36. The first-order valence-electron chi connectivity index (χ1n) is 14.8. The number of carbonyl (C=O) groups is 2. The summed E-state index contributed by atoms with van der Waals surface area (Å²) in [6, 6.07) is 19.7. The van der Waals surface area contributed by atoms with Gasteiger partial charge in [0.15, 0.2) is 0 Å². The maximum Gasteiger partial charge on any atom is 0.240 e. The molecule has 4 aromatic rings. The van der Waals surface area contributed by atoms with Crippen LogP contribution in [0.1, 0.15) is 56.9 Å². The van der Waals surface area contributed by atoms with Gasteiger partial charge in [0, 0.05) is 30.9 Å². The highest BCUT2D eigenvalue weighted by atomic mass is 16.3. The molecule has 0 aliphatic carbocycles. The SMILES string of the molecule is CC(C)(C)c1ccc(-n2nc(-c3cccnc3)cc2CN2CCCCC2C(=O)N[C@@H](Cc2ccc(O)cc2)C(N)=O)cc1. The average molecular weight is 581 g/mol. The van der Waals surface area contributed by atoms with Crippen molar-refractivity contribution in [3.05, 3.63) is 95.9 Å². The quantitative estimate of drug-likeness (QED) is 0.268. The van der Waals surface area contributed by atoms with E-state index in [-0.39, 0.29) is 23.5 Å². The minimum atomic E-state index is -0.857. The number of nitrogens with one attached hydrogen (secondary N) is 1. The zero-order valence-electron chi connectivity index (χ0n) is 25.0. The second kappa shape index (κ2) is 12.8. The summed E-state index contributed by atoms with van der Waals surface area (Å²) >= 11 is 0. The van der Waals surface area contributed by atoms with Crippen LogP contribution in [-0.4, -0.2) is 55.2 Å². The molecule has 5 rings (SSSR count). The number of carbonyl (C=O) groups excluding carboxylic acids is 2. The lowest BCUT2D eigenvalue weighted by molar-refractivity contribution is -0.132. The third-order valence-electron chi connectivity index (χ3n) is 8.04. The van der Waals surface area contributed by atoms with Crippen molar-refractivity contribution in [3.63, 3.8) is 0 Å². The van der Waals surface area contributed by atoms with E-state index >= 15 is 0 Å². The normalized spacial score (nSPS) is 16.5. The van der Waals surface area contributed by atoms with E-state index in [2.05, 4.69) is 66.3 Å². The van der Waals surface area contributed by atoms with Gasteiger partial charge in [-0.2, -0.15) is 5.10 Å². The van der Waals surface area contributed by atoms with Crippen LogP contribution >= 0.6 is 0 Å². The van der Waals surface area contributed by atoms with Crippen LogP contribution in [0, 0.1) is 0 Å². The van der Waals surface area contributed by atoms with Gasteiger partial charge in [0.05, 0.1) is 23.1 Å². The molecule has 2 aromatic carbocycles. The Bertz CT molecular complexity index is 1540. The van der Waals surface area contributed by atoms with Crippen molar-refractivity contribution >= 4 is 11.8 Å². The van der Waals surface area contributed by atoms with E-state index in [4.69, 9.17) is 10.8 Å². The van der Waals surface area contributed by atoms with Crippen molar-refractivity contribution in [2.75, 3.05) is 6.54 Å². The Labute approximate surface area is 252 Å². The maximum atomic E-state index is 13.6. The van der Waals surface area contributed by atoms with Crippen LogP contribution in [-0.2, 0) is 28.0 Å². The average Bonchev–Trinajstić information content (AvgIpc) is 3.42. The highest BCUT2D eigenvalue weighted by Crippen LogP contribution is 2.28. The largest absolute Gasteiger partial charge is 0.508 e. The molecule has 1 aliphatic heterocycles. The number of nitrogens with zero attached hydrogens (tertiary/aromatic N) is 4. The van der Waals surface area contributed by atoms with Gasteiger partial charge in [-0.1, -0.05) is 51.5 Å². The zero-order chi connectivity index (χ0) is 30.6. The van der Waals surface area contributed by atoms with Gasteiger partial charge in [-0.25, -0.2) is 4.68 Å². The number of phenolic OH excluding ortho intramolecular Hbond substituents is 1. The van der Waals surface area contributed by atoms with Crippen LogP contribution in [0.3, 0.4) is 0 Å². The number of primary amides is 1. The van der Waals surface area contributed by atoms with E-state index in [1.807, 2.05) is 16.8 Å². The van der Waals surface area contributed by atoms with E-state index in [0.717, 1.165) is 47.6 Å². The molecule has 0 saturated carbocycles. The van der Waals surface area contributed by atoms with Crippen molar-refractivity contribution in [3.8, 4) is 22.7 Å². The number of hydrogen-bond donors (Lipinski definition) is 3.